The van der Waals surface area contributed by atoms with Gasteiger partial charge in [0, 0.05) is 35.8 Å². The van der Waals surface area contributed by atoms with E-state index in [2.05, 4.69) is 11.1 Å². The summed E-state index contributed by atoms with van der Waals surface area (Å²) in [6.07, 6.45) is 2.19. The average Bonchev–Trinajstić information content (AvgIpc) is 2.84. The Hall–Kier alpha value is -2.28. The smallest absolute Gasteiger partial charge is 0.253 e. The van der Waals surface area contributed by atoms with Crippen molar-refractivity contribution in [1.82, 2.24) is 9.88 Å². The van der Waals surface area contributed by atoms with E-state index in [1.54, 1.807) is 18.0 Å². The van der Waals surface area contributed by atoms with Gasteiger partial charge >= 0.3 is 0 Å². The third kappa shape index (κ3) is 2.21. The number of hydrogen-bond acceptors (Lipinski definition) is 2. The number of rotatable bonds is 3. The summed E-state index contributed by atoms with van der Waals surface area (Å²) in [4.78, 5) is 16.9. The van der Waals surface area contributed by atoms with Crippen LogP contribution in [0, 0.1) is 11.3 Å². The van der Waals surface area contributed by atoms with Crippen molar-refractivity contribution >= 4 is 16.8 Å². The van der Waals surface area contributed by atoms with Crippen LogP contribution in [0.4, 0.5) is 0 Å². The summed E-state index contributed by atoms with van der Waals surface area (Å²) in [5, 5.41) is 9.68. The van der Waals surface area contributed by atoms with Crippen LogP contribution in [-0.4, -0.2) is 28.9 Å². The lowest BCUT2D eigenvalue weighted by atomic mass is 10.1. The summed E-state index contributed by atoms with van der Waals surface area (Å²) in [7, 11) is 1.73. The Balaban J connectivity index is 2.25. The zero-order valence-corrected chi connectivity index (χ0v) is 10.5. The molecule has 2 rings (SSSR count). The summed E-state index contributed by atoms with van der Waals surface area (Å²) in [5.74, 6) is -0.0548. The number of nitriles is 1. The monoisotopic (exact) mass is 241 g/mol. The van der Waals surface area contributed by atoms with Crippen LogP contribution in [0.1, 0.15) is 23.7 Å². The van der Waals surface area contributed by atoms with Gasteiger partial charge in [0.1, 0.15) is 0 Å². The Morgan fingerprint density at radius 2 is 2.28 bits per heavy atom. The van der Waals surface area contributed by atoms with Crippen molar-refractivity contribution in [3.8, 4) is 6.07 Å². The predicted octanol–water partition coefficient (Wildman–Crippen LogP) is 2.54. The summed E-state index contributed by atoms with van der Waals surface area (Å²) in [6.45, 7) is 1.87. The lowest BCUT2D eigenvalue weighted by molar-refractivity contribution is 0.0746. The van der Waals surface area contributed by atoms with E-state index in [1.807, 2.05) is 31.3 Å². The van der Waals surface area contributed by atoms with Gasteiger partial charge < -0.3 is 9.88 Å². The fourth-order valence-electron chi connectivity index (χ4n) is 1.86. The van der Waals surface area contributed by atoms with Crippen molar-refractivity contribution in [2.75, 3.05) is 7.05 Å². The molecular formula is C14H15N3O. The van der Waals surface area contributed by atoms with Gasteiger partial charge in [-0.2, -0.15) is 5.26 Å². The van der Waals surface area contributed by atoms with Crippen LogP contribution in [0.2, 0.25) is 0 Å². The second-order valence-corrected chi connectivity index (χ2v) is 4.41. The molecule has 1 N–H and O–H groups in total. The normalized spacial score (nSPS) is 12.1. The van der Waals surface area contributed by atoms with Crippen LogP contribution >= 0.6 is 0 Å². The molecule has 0 aliphatic rings. The lowest BCUT2D eigenvalue weighted by Gasteiger charge is -2.23. The Morgan fingerprint density at radius 1 is 1.50 bits per heavy atom. The number of nitrogens with one attached hydrogen (secondary N) is 1. The van der Waals surface area contributed by atoms with Crippen LogP contribution < -0.4 is 0 Å². The first-order valence-electron chi connectivity index (χ1n) is 5.84. The molecule has 0 aliphatic carbocycles. The van der Waals surface area contributed by atoms with E-state index in [9.17, 15) is 4.79 Å². The van der Waals surface area contributed by atoms with Crippen LogP contribution in [0.25, 0.3) is 10.9 Å². The Bertz CT molecular complexity index is 609. The highest BCUT2D eigenvalue weighted by atomic mass is 16.2. The first-order chi connectivity index (χ1) is 8.63. The summed E-state index contributed by atoms with van der Waals surface area (Å²) in [6, 6.07) is 9.50. The zero-order chi connectivity index (χ0) is 13.1. The molecule has 0 aliphatic heterocycles. The molecule has 1 amide bonds. The highest BCUT2D eigenvalue weighted by Gasteiger charge is 2.17. The fraction of sp³-hybridized carbons (Fsp3) is 0.286. The summed E-state index contributed by atoms with van der Waals surface area (Å²) in [5.41, 5.74) is 1.66. The molecule has 0 bridgehead atoms. The number of hydrogen-bond donors (Lipinski definition) is 1. The molecule has 0 radical (unpaired) electrons. The number of nitrogens with zero attached hydrogens (tertiary/aromatic N) is 2. The maximum absolute atomic E-state index is 12.2. The van der Waals surface area contributed by atoms with Gasteiger partial charge in [-0.15, -0.1) is 0 Å². The van der Waals surface area contributed by atoms with E-state index in [1.165, 1.54) is 0 Å². The molecule has 92 valence electrons. The van der Waals surface area contributed by atoms with Crippen LogP contribution in [0.5, 0.6) is 0 Å². The van der Waals surface area contributed by atoms with Gasteiger partial charge in [0.2, 0.25) is 0 Å². The SMILES string of the molecule is CC(CC#N)N(C)C(=O)c1ccc2[nH]ccc2c1. The third-order valence-corrected chi connectivity index (χ3v) is 3.17. The zero-order valence-electron chi connectivity index (χ0n) is 10.5. The molecule has 2 aromatic rings. The number of fused-ring (bicyclic) bond motifs is 1. The molecular weight excluding hydrogens is 226 g/mol. The number of carbonyl (C=O) groups excluding carboxylic acids is 1. The van der Waals surface area contributed by atoms with Crippen molar-refractivity contribution < 1.29 is 4.79 Å². The average molecular weight is 241 g/mol. The number of carbonyl (C=O) groups is 1. The molecule has 1 heterocycles. The van der Waals surface area contributed by atoms with Crippen molar-refractivity contribution in [2.24, 2.45) is 0 Å². The van der Waals surface area contributed by atoms with E-state index in [0.29, 0.717) is 12.0 Å². The first-order valence-corrected chi connectivity index (χ1v) is 5.84. The van der Waals surface area contributed by atoms with Crippen molar-refractivity contribution in [3.05, 3.63) is 36.0 Å². The second-order valence-electron chi connectivity index (χ2n) is 4.41. The van der Waals surface area contributed by atoms with Gasteiger partial charge in [-0.05, 0) is 31.2 Å². The highest BCUT2D eigenvalue weighted by molar-refractivity contribution is 5.98. The second kappa shape index (κ2) is 4.92. The predicted molar refractivity (Wildman–Crippen MR) is 70.1 cm³/mol. The van der Waals surface area contributed by atoms with Crippen molar-refractivity contribution in [2.45, 2.75) is 19.4 Å². The van der Waals surface area contributed by atoms with Gasteiger partial charge in [-0.25, -0.2) is 0 Å². The van der Waals surface area contributed by atoms with Gasteiger partial charge in [0.25, 0.3) is 5.91 Å². The van der Waals surface area contributed by atoms with E-state index < -0.39 is 0 Å². The molecule has 1 aromatic heterocycles. The Morgan fingerprint density at radius 3 is 3.00 bits per heavy atom. The Kier molecular flexibility index (Phi) is 3.33. The van der Waals surface area contributed by atoms with Crippen LogP contribution in [0.15, 0.2) is 30.5 Å². The summed E-state index contributed by atoms with van der Waals surface area (Å²) >= 11 is 0. The Labute approximate surface area is 106 Å². The van der Waals surface area contributed by atoms with Crippen LogP contribution in [-0.2, 0) is 0 Å². The first kappa shape index (κ1) is 12.2. The standard InChI is InChI=1S/C14H15N3O/c1-10(5-7-15)17(2)14(18)12-3-4-13-11(9-12)6-8-16-13/h3-4,6,8-10,16H,5H2,1-2H3. The quantitative estimate of drug-likeness (QED) is 0.897. The minimum Gasteiger partial charge on any atom is -0.361 e. The highest BCUT2D eigenvalue weighted by Crippen LogP contribution is 2.16. The number of amides is 1. The fourth-order valence-corrected chi connectivity index (χ4v) is 1.86. The number of H-pyrrole nitrogens is 1. The minimum atomic E-state index is -0.0792. The number of benzene rings is 1. The topological polar surface area (TPSA) is 59.9 Å². The molecule has 18 heavy (non-hydrogen) atoms. The van der Waals surface area contributed by atoms with E-state index in [-0.39, 0.29) is 11.9 Å². The molecule has 1 unspecified atom stereocenters. The lowest BCUT2D eigenvalue weighted by Crippen LogP contribution is -2.34. The molecule has 1 atom stereocenters. The molecule has 0 saturated carbocycles. The number of aromatic amines is 1. The maximum Gasteiger partial charge on any atom is 0.253 e. The van der Waals surface area contributed by atoms with Crippen molar-refractivity contribution in [1.29, 1.82) is 5.26 Å². The van der Waals surface area contributed by atoms with Gasteiger partial charge in [0.05, 0.1) is 12.5 Å². The molecule has 1 aromatic carbocycles. The van der Waals surface area contributed by atoms with Crippen LogP contribution in [0.3, 0.4) is 0 Å². The van der Waals surface area contributed by atoms with E-state index >= 15 is 0 Å². The molecule has 4 nitrogen and oxygen atoms in total. The molecule has 4 heteroatoms. The molecule has 0 fully saturated rings. The largest absolute Gasteiger partial charge is 0.361 e. The maximum atomic E-state index is 12.2. The van der Waals surface area contributed by atoms with Crippen molar-refractivity contribution in [3.63, 3.8) is 0 Å². The van der Waals surface area contributed by atoms with E-state index in [0.717, 1.165) is 10.9 Å². The summed E-state index contributed by atoms with van der Waals surface area (Å²) < 4.78 is 0. The molecule has 0 spiro atoms. The molecule has 0 saturated heterocycles. The minimum absolute atomic E-state index is 0.0548. The van der Waals surface area contributed by atoms with Gasteiger partial charge in [-0.1, -0.05) is 0 Å². The van der Waals surface area contributed by atoms with Gasteiger partial charge in [0.15, 0.2) is 0 Å². The number of aromatic nitrogens is 1. The van der Waals surface area contributed by atoms with Gasteiger partial charge in [-0.3, -0.25) is 4.79 Å². The van der Waals surface area contributed by atoms with E-state index in [4.69, 9.17) is 5.26 Å². The third-order valence-electron chi connectivity index (χ3n) is 3.17.